The van der Waals surface area contributed by atoms with Gasteiger partial charge in [0, 0.05) is 6.04 Å². The summed E-state index contributed by atoms with van der Waals surface area (Å²) in [7, 11) is -1.94. The predicted octanol–water partition coefficient (Wildman–Crippen LogP) is 1.45. The Morgan fingerprint density at radius 2 is 1.88 bits per heavy atom. The van der Waals surface area contributed by atoms with Gasteiger partial charge in [-0.2, -0.15) is 0 Å². The van der Waals surface area contributed by atoms with Crippen molar-refractivity contribution in [3.05, 3.63) is 24.3 Å². The smallest absolute Gasteiger partial charge is 0.183 e. The van der Waals surface area contributed by atoms with Gasteiger partial charge in [0.05, 0.1) is 12.9 Å². The molecule has 1 rings (SSSR count). The minimum Gasteiger partial charge on any atom is -0.495 e. The largest absolute Gasteiger partial charge is 0.495 e. The highest BCUT2D eigenvalue weighted by atomic mass is 32.2. The molecular formula is C12H19NO3S. The van der Waals surface area contributed by atoms with Gasteiger partial charge in [-0.25, -0.2) is 8.42 Å². The van der Waals surface area contributed by atoms with Crippen molar-refractivity contribution in [1.82, 2.24) is 0 Å². The van der Waals surface area contributed by atoms with E-state index in [0.717, 1.165) is 0 Å². The Labute approximate surface area is 103 Å². The van der Waals surface area contributed by atoms with Gasteiger partial charge in [0.15, 0.2) is 9.84 Å². The van der Waals surface area contributed by atoms with Gasteiger partial charge in [-0.15, -0.1) is 0 Å². The van der Waals surface area contributed by atoms with Crippen LogP contribution in [0.1, 0.15) is 13.8 Å². The summed E-state index contributed by atoms with van der Waals surface area (Å²) in [6.45, 7) is 3.81. The van der Waals surface area contributed by atoms with E-state index >= 15 is 0 Å². The molecule has 0 saturated carbocycles. The third kappa shape index (κ3) is 3.44. The third-order valence-corrected chi connectivity index (χ3v) is 4.50. The van der Waals surface area contributed by atoms with Gasteiger partial charge in [0.1, 0.15) is 10.6 Å². The van der Waals surface area contributed by atoms with Crippen molar-refractivity contribution in [3.8, 4) is 5.75 Å². The molecular weight excluding hydrogens is 238 g/mol. The summed E-state index contributed by atoms with van der Waals surface area (Å²) in [5, 5.41) is 0. The number of hydrogen-bond acceptors (Lipinski definition) is 4. The highest BCUT2D eigenvalue weighted by molar-refractivity contribution is 7.91. The molecule has 1 aromatic rings. The summed E-state index contributed by atoms with van der Waals surface area (Å²) >= 11 is 0. The van der Waals surface area contributed by atoms with E-state index < -0.39 is 9.84 Å². The number of para-hydroxylation sites is 1. The zero-order valence-corrected chi connectivity index (χ0v) is 11.2. The molecule has 0 radical (unpaired) electrons. The molecule has 96 valence electrons. The van der Waals surface area contributed by atoms with Gasteiger partial charge >= 0.3 is 0 Å². The summed E-state index contributed by atoms with van der Waals surface area (Å²) in [5.74, 6) is 0.424. The first-order chi connectivity index (χ1) is 7.88. The molecule has 0 aliphatic rings. The number of ether oxygens (including phenoxy) is 1. The van der Waals surface area contributed by atoms with Crippen molar-refractivity contribution >= 4 is 9.84 Å². The van der Waals surface area contributed by atoms with Gasteiger partial charge in [-0.05, 0) is 18.1 Å². The Bertz CT molecular complexity index is 468. The molecule has 4 nitrogen and oxygen atoms in total. The molecule has 0 aliphatic carbocycles. The minimum atomic E-state index is -3.40. The summed E-state index contributed by atoms with van der Waals surface area (Å²) < 4.78 is 29.4. The van der Waals surface area contributed by atoms with E-state index in [9.17, 15) is 8.42 Å². The second-order valence-electron chi connectivity index (χ2n) is 4.34. The lowest BCUT2D eigenvalue weighted by Crippen LogP contribution is -2.34. The first-order valence-electron chi connectivity index (χ1n) is 5.50. The Morgan fingerprint density at radius 3 is 2.41 bits per heavy atom. The minimum absolute atomic E-state index is 0.0644. The van der Waals surface area contributed by atoms with Crippen LogP contribution in [0.5, 0.6) is 5.75 Å². The lowest BCUT2D eigenvalue weighted by atomic mass is 10.1. The molecule has 0 heterocycles. The average molecular weight is 257 g/mol. The van der Waals surface area contributed by atoms with Crippen molar-refractivity contribution in [2.45, 2.75) is 24.8 Å². The molecule has 2 N–H and O–H groups in total. The van der Waals surface area contributed by atoms with E-state index in [1.54, 1.807) is 24.3 Å². The van der Waals surface area contributed by atoms with Crippen LogP contribution < -0.4 is 10.5 Å². The van der Waals surface area contributed by atoms with Crippen LogP contribution in [0.2, 0.25) is 0 Å². The Kier molecular flexibility index (Phi) is 4.54. The maximum Gasteiger partial charge on any atom is 0.183 e. The van der Waals surface area contributed by atoms with E-state index in [2.05, 4.69) is 0 Å². The van der Waals surface area contributed by atoms with Gasteiger partial charge in [-0.1, -0.05) is 26.0 Å². The average Bonchev–Trinajstić information content (AvgIpc) is 2.28. The predicted molar refractivity (Wildman–Crippen MR) is 67.9 cm³/mol. The van der Waals surface area contributed by atoms with Crippen LogP contribution in [0.4, 0.5) is 0 Å². The zero-order valence-electron chi connectivity index (χ0n) is 10.4. The van der Waals surface area contributed by atoms with E-state index in [1.165, 1.54) is 7.11 Å². The lowest BCUT2D eigenvalue weighted by Gasteiger charge is -2.16. The van der Waals surface area contributed by atoms with Crippen LogP contribution >= 0.6 is 0 Å². The molecule has 0 amide bonds. The molecule has 1 unspecified atom stereocenters. The van der Waals surface area contributed by atoms with Gasteiger partial charge in [0.2, 0.25) is 0 Å². The first kappa shape index (κ1) is 14.0. The lowest BCUT2D eigenvalue weighted by molar-refractivity contribution is 0.402. The van der Waals surface area contributed by atoms with Crippen molar-refractivity contribution < 1.29 is 13.2 Å². The fourth-order valence-corrected chi connectivity index (χ4v) is 3.23. The van der Waals surface area contributed by atoms with Crippen LogP contribution in [0.15, 0.2) is 29.2 Å². The maximum atomic E-state index is 12.2. The van der Waals surface area contributed by atoms with Crippen molar-refractivity contribution in [2.24, 2.45) is 11.7 Å². The second-order valence-corrected chi connectivity index (χ2v) is 6.34. The summed E-state index contributed by atoms with van der Waals surface area (Å²) in [5.41, 5.74) is 5.81. The normalized spacial score (nSPS) is 13.7. The molecule has 0 saturated heterocycles. The summed E-state index contributed by atoms with van der Waals surface area (Å²) in [6, 6.07) is 6.22. The molecule has 1 atom stereocenters. The number of benzene rings is 1. The quantitative estimate of drug-likeness (QED) is 0.867. The number of rotatable bonds is 5. The standard InChI is InChI=1S/C12H19NO3S/c1-9(2)10(13)8-17(14,15)12-7-5-4-6-11(12)16-3/h4-7,9-10H,8,13H2,1-3H3. The highest BCUT2D eigenvalue weighted by Crippen LogP contribution is 2.24. The van der Waals surface area contributed by atoms with Gasteiger partial charge in [0.25, 0.3) is 0 Å². The molecule has 0 aliphatic heterocycles. The fraction of sp³-hybridized carbons (Fsp3) is 0.500. The van der Waals surface area contributed by atoms with Gasteiger partial charge in [-0.3, -0.25) is 0 Å². The van der Waals surface area contributed by atoms with E-state index in [4.69, 9.17) is 10.5 Å². The Hall–Kier alpha value is -1.07. The summed E-state index contributed by atoms with van der Waals surface area (Å²) in [4.78, 5) is 0.207. The van der Waals surface area contributed by atoms with Crippen molar-refractivity contribution in [2.75, 3.05) is 12.9 Å². The van der Waals surface area contributed by atoms with Gasteiger partial charge < -0.3 is 10.5 Å². The number of nitrogens with two attached hydrogens (primary N) is 1. The number of methoxy groups -OCH3 is 1. The van der Waals surface area contributed by atoms with E-state index in [0.29, 0.717) is 5.75 Å². The molecule has 0 aromatic heterocycles. The second kappa shape index (κ2) is 5.51. The van der Waals surface area contributed by atoms with Crippen LogP contribution in [0.3, 0.4) is 0 Å². The monoisotopic (exact) mass is 257 g/mol. The Balaban J connectivity index is 3.05. The highest BCUT2D eigenvalue weighted by Gasteiger charge is 2.23. The molecule has 0 spiro atoms. The van der Waals surface area contributed by atoms with Crippen molar-refractivity contribution in [3.63, 3.8) is 0 Å². The SMILES string of the molecule is COc1ccccc1S(=O)(=O)CC(N)C(C)C. The molecule has 17 heavy (non-hydrogen) atoms. The topological polar surface area (TPSA) is 69.4 Å². The van der Waals surface area contributed by atoms with Crippen molar-refractivity contribution in [1.29, 1.82) is 0 Å². The maximum absolute atomic E-state index is 12.2. The number of hydrogen-bond donors (Lipinski definition) is 1. The van der Waals surface area contributed by atoms with E-state index in [-0.39, 0.29) is 22.6 Å². The first-order valence-corrected chi connectivity index (χ1v) is 7.15. The molecule has 0 fully saturated rings. The van der Waals surface area contributed by atoms with Crippen LogP contribution in [0, 0.1) is 5.92 Å². The Morgan fingerprint density at radius 1 is 1.29 bits per heavy atom. The van der Waals surface area contributed by atoms with Crippen LogP contribution in [0.25, 0.3) is 0 Å². The molecule has 1 aromatic carbocycles. The third-order valence-electron chi connectivity index (χ3n) is 2.67. The molecule has 0 bridgehead atoms. The fourth-order valence-electron chi connectivity index (χ4n) is 1.41. The zero-order chi connectivity index (χ0) is 13.1. The van der Waals surface area contributed by atoms with E-state index in [1.807, 2.05) is 13.8 Å². The van der Waals surface area contributed by atoms with Crippen LogP contribution in [-0.2, 0) is 9.84 Å². The molecule has 5 heteroatoms. The van der Waals surface area contributed by atoms with Crippen LogP contribution in [-0.4, -0.2) is 27.3 Å². The number of sulfone groups is 1. The summed E-state index contributed by atoms with van der Waals surface area (Å²) in [6.07, 6.45) is 0.